The van der Waals surface area contributed by atoms with Crippen LogP contribution in [0.15, 0.2) is 35.7 Å². The summed E-state index contributed by atoms with van der Waals surface area (Å²) in [4.78, 5) is 16.7. The number of benzene rings is 1. The predicted octanol–water partition coefficient (Wildman–Crippen LogP) is 4.55. The van der Waals surface area contributed by atoms with E-state index in [4.69, 9.17) is 0 Å². The Morgan fingerprint density at radius 3 is 2.46 bits per heavy atom. The fraction of sp³-hybridized carbons (Fsp3) is 0.524. The smallest absolute Gasteiger partial charge is 0.226 e. The molecular formula is C21H31Cl2N3OS. The first-order valence-electron chi connectivity index (χ1n) is 9.77. The number of carbonyl (C=O) groups excluding carboxylic acids is 1. The van der Waals surface area contributed by atoms with Crippen molar-refractivity contribution in [3.8, 4) is 0 Å². The molecule has 1 aliphatic carbocycles. The Labute approximate surface area is 184 Å². The summed E-state index contributed by atoms with van der Waals surface area (Å²) in [6.45, 7) is 1.54. The number of aromatic nitrogens is 1. The monoisotopic (exact) mass is 443 g/mol. The van der Waals surface area contributed by atoms with Gasteiger partial charge >= 0.3 is 0 Å². The Morgan fingerprint density at radius 2 is 1.75 bits per heavy atom. The van der Waals surface area contributed by atoms with Crippen molar-refractivity contribution in [1.29, 1.82) is 0 Å². The lowest BCUT2D eigenvalue weighted by atomic mass is 10.1. The van der Waals surface area contributed by atoms with E-state index in [0.717, 1.165) is 23.7 Å². The van der Waals surface area contributed by atoms with Gasteiger partial charge in [0.05, 0.1) is 17.1 Å². The summed E-state index contributed by atoms with van der Waals surface area (Å²) in [7, 11) is 0. The Kier molecular flexibility index (Phi) is 12.4. The third kappa shape index (κ3) is 8.91. The summed E-state index contributed by atoms with van der Waals surface area (Å²) >= 11 is 1.63. The third-order valence-electron chi connectivity index (χ3n) is 4.87. The molecule has 0 aliphatic heterocycles. The lowest BCUT2D eigenvalue weighted by Crippen LogP contribution is -2.37. The van der Waals surface area contributed by atoms with Crippen molar-refractivity contribution in [2.75, 3.05) is 13.1 Å². The highest BCUT2D eigenvalue weighted by Gasteiger charge is 2.11. The van der Waals surface area contributed by atoms with E-state index < -0.39 is 0 Å². The van der Waals surface area contributed by atoms with Gasteiger partial charge in [0.25, 0.3) is 0 Å². The van der Waals surface area contributed by atoms with Crippen LogP contribution >= 0.6 is 36.2 Å². The zero-order valence-electron chi connectivity index (χ0n) is 16.2. The number of carbonyl (C=O) groups is 1. The van der Waals surface area contributed by atoms with Crippen LogP contribution in [0.3, 0.4) is 0 Å². The molecule has 28 heavy (non-hydrogen) atoms. The van der Waals surface area contributed by atoms with Crippen molar-refractivity contribution in [3.63, 3.8) is 0 Å². The van der Waals surface area contributed by atoms with Crippen molar-refractivity contribution < 1.29 is 4.79 Å². The molecule has 1 aliphatic rings. The van der Waals surface area contributed by atoms with Gasteiger partial charge in [-0.05, 0) is 18.4 Å². The third-order valence-corrected chi connectivity index (χ3v) is 5.77. The van der Waals surface area contributed by atoms with E-state index in [9.17, 15) is 4.79 Å². The second-order valence-corrected chi connectivity index (χ2v) is 8.01. The first-order valence-corrected chi connectivity index (χ1v) is 10.6. The minimum Gasteiger partial charge on any atom is -0.354 e. The summed E-state index contributed by atoms with van der Waals surface area (Å²) in [6, 6.07) is 10.9. The minimum atomic E-state index is 0. The molecule has 0 saturated heterocycles. The molecule has 156 valence electrons. The molecule has 1 aromatic heterocycles. The predicted molar refractivity (Wildman–Crippen MR) is 122 cm³/mol. The van der Waals surface area contributed by atoms with Crippen LogP contribution in [0.1, 0.15) is 54.8 Å². The number of hydrogen-bond acceptors (Lipinski definition) is 4. The van der Waals surface area contributed by atoms with E-state index in [1.807, 2.05) is 23.6 Å². The van der Waals surface area contributed by atoms with Gasteiger partial charge in [0.1, 0.15) is 0 Å². The molecule has 0 atom stereocenters. The van der Waals surface area contributed by atoms with E-state index in [0.29, 0.717) is 19.0 Å². The van der Waals surface area contributed by atoms with Gasteiger partial charge in [-0.15, -0.1) is 36.2 Å². The van der Waals surface area contributed by atoms with E-state index in [1.165, 1.54) is 44.1 Å². The summed E-state index contributed by atoms with van der Waals surface area (Å²) < 4.78 is 0. The minimum absolute atomic E-state index is 0. The SMILES string of the molecule is Cl.Cl.O=C(Cc1csc(Cc2ccccc2)n1)NCCNC1CCCCCC1. The van der Waals surface area contributed by atoms with Crippen LogP contribution in [0.2, 0.25) is 0 Å². The van der Waals surface area contributed by atoms with Crippen LogP contribution in [0.25, 0.3) is 0 Å². The first kappa shape index (κ1) is 24.9. The van der Waals surface area contributed by atoms with E-state index >= 15 is 0 Å². The van der Waals surface area contributed by atoms with Gasteiger partial charge in [-0.25, -0.2) is 4.98 Å². The van der Waals surface area contributed by atoms with Gasteiger partial charge in [0.2, 0.25) is 5.91 Å². The molecule has 1 heterocycles. The Balaban J connectivity index is 0.00000196. The van der Waals surface area contributed by atoms with Crippen molar-refractivity contribution in [2.45, 2.75) is 57.4 Å². The lowest BCUT2D eigenvalue weighted by Gasteiger charge is -2.16. The van der Waals surface area contributed by atoms with Gasteiger partial charge in [-0.3, -0.25) is 4.79 Å². The van der Waals surface area contributed by atoms with Crippen LogP contribution < -0.4 is 10.6 Å². The maximum atomic E-state index is 12.1. The average molecular weight is 444 g/mol. The second-order valence-electron chi connectivity index (χ2n) is 7.06. The van der Waals surface area contributed by atoms with Crippen LogP contribution in [-0.4, -0.2) is 30.0 Å². The maximum absolute atomic E-state index is 12.1. The normalized spacial score (nSPS) is 14.4. The molecule has 0 unspecified atom stereocenters. The second kappa shape index (κ2) is 13.9. The van der Waals surface area contributed by atoms with Crippen LogP contribution in [0.4, 0.5) is 0 Å². The van der Waals surface area contributed by atoms with E-state index in [1.54, 1.807) is 11.3 Å². The number of hydrogen-bond donors (Lipinski definition) is 2. The molecule has 0 radical (unpaired) electrons. The highest BCUT2D eigenvalue weighted by molar-refractivity contribution is 7.09. The quantitative estimate of drug-likeness (QED) is 0.464. The fourth-order valence-corrected chi connectivity index (χ4v) is 4.30. The standard InChI is InChI=1S/C21H29N3OS.2ClH/c25-20(23-13-12-22-18-10-6-1-2-7-11-18)15-19-16-26-21(24-19)14-17-8-4-3-5-9-17;;/h3-5,8-9,16,18,22H,1-2,6-7,10-15H2,(H,23,25);2*1H. The molecular weight excluding hydrogens is 413 g/mol. The van der Waals surface area contributed by atoms with Crippen LogP contribution in [0, 0.1) is 0 Å². The number of amides is 1. The zero-order chi connectivity index (χ0) is 18.0. The first-order chi connectivity index (χ1) is 12.8. The number of nitrogens with zero attached hydrogens (tertiary/aromatic N) is 1. The van der Waals surface area contributed by atoms with Crippen molar-refractivity contribution in [1.82, 2.24) is 15.6 Å². The summed E-state index contributed by atoms with van der Waals surface area (Å²) in [5.41, 5.74) is 2.12. The van der Waals surface area contributed by atoms with Gasteiger partial charge in [0.15, 0.2) is 0 Å². The number of thiazole rings is 1. The molecule has 1 fully saturated rings. The largest absolute Gasteiger partial charge is 0.354 e. The Bertz CT molecular complexity index is 673. The fourth-order valence-electron chi connectivity index (χ4n) is 3.47. The van der Waals surface area contributed by atoms with Crippen molar-refractivity contribution >= 4 is 42.1 Å². The number of halogens is 2. The van der Waals surface area contributed by atoms with Gasteiger partial charge in [0, 0.05) is 30.9 Å². The maximum Gasteiger partial charge on any atom is 0.226 e. The molecule has 1 amide bonds. The van der Waals surface area contributed by atoms with Crippen molar-refractivity contribution in [3.05, 3.63) is 52.0 Å². The van der Waals surface area contributed by atoms with E-state index in [-0.39, 0.29) is 30.7 Å². The number of rotatable bonds is 8. The topological polar surface area (TPSA) is 54.0 Å². The molecule has 0 bridgehead atoms. The van der Waals surface area contributed by atoms with Gasteiger partial charge in [-0.1, -0.05) is 56.0 Å². The summed E-state index contributed by atoms with van der Waals surface area (Å²) in [6.07, 6.45) is 9.16. The molecule has 7 heteroatoms. The summed E-state index contributed by atoms with van der Waals surface area (Å²) in [5, 5.41) is 9.66. The van der Waals surface area contributed by atoms with Gasteiger partial charge in [-0.2, -0.15) is 0 Å². The molecule has 0 spiro atoms. The highest BCUT2D eigenvalue weighted by Crippen LogP contribution is 2.17. The number of nitrogens with one attached hydrogen (secondary N) is 2. The molecule has 2 aromatic rings. The highest BCUT2D eigenvalue weighted by atomic mass is 35.5. The molecule has 4 nitrogen and oxygen atoms in total. The van der Waals surface area contributed by atoms with Crippen LogP contribution in [-0.2, 0) is 17.6 Å². The molecule has 3 rings (SSSR count). The lowest BCUT2D eigenvalue weighted by molar-refractivity contribution is -0.120. The van der Waals surface area contributed by atoms with Crippen LogP contribution in [0.5, 0.6) is 0 Å². The molecule has 1 aromatic carbocycles. The average Bonchev–Trinajstić information content (AvgIpc) is 2.92. The molecule has 2 N–H and O–H groups in total. The molecule has 1 saturated carbocycles. The van der Waals surface area contributed by atoms with E-state index in [2.05, 4.69) is 27.8 Å². The van der Waals surface area contributed by atoms with Crippen molar-refractivity contribution in [2.24, 2.45) is 0 Å². The van der Waals surface area contributed by atoms with Gasteiger partial charge < -0.3 is 10.6 Å². The Hall–Kier alpha value is -1.14. The summed E-state index contributed by atoms with van der Waals surface area (Å²) in [5.74, 6) is 0.0595. The zero-order valence-corrected chi connectivity index (χ0v) is 18.6. The Morgan fingerprint density at radius 1 is 1.04 bits per heavy atom.